The largest absolute Gasteiger partial charge is 0.506 e. The van der Waals surface area contributed by atoms with Crippen molar-refractivity contribution in [2.45, 2.75) is 39.7 Å². The van der Waals surface area contributed by atoms with Gasteiger partial charge in [-0.25, -0.2) is 4.79 Å². The normalized spacial score (nSPS) is 13.3. The smallest absolute Gasteiger partial charge is 0.419 e. The number of aromatic hydroxyl groups is 1. The van der Waals surface area contributed by atoms with Gasteiger partial charge in [-0.05, 0) is 58.4 Å². The van der Waals surface area contributed by atoms with Crippen LogP contribution >= 0.6 is 0 Å². The Balaban J connectivity index is 1.71. The zero-order valence-electron chi connectivity index (χ0n) is 24.7. The topological polar surface area (TPSA) is 108 Å². The zero-order chi connectivity index (χ0) is 30.3. The van der Waals surface area contributed by atoms with Crippen LogP contribution in [0.3, 0.4) is 0 Å². The van der Waals surface area contributed by atoms with Crippen LogP contribution in [0.1, 0.15) is 38.8 Å². The van der Waals surface area contributed by atoms with Crippen LogP contribution in [0.25, 0.3) is 28.0 Å². The highest BCUT2D eigenvalue weighted by Crippen LogP contribution is 2.44. The Hall–Kier alpha value is -4.92. The summed E-state index contributed by atoms with van der Waals surface area (Å²) in [5.74, 6) is 1.03. The lowest BCUT2D eigenvalue weighted by molar-refractivity contribution is 0.158. The Bertz CT molecular complexity index is 1840. The summed E-state index contributed by atoms with van der Waals surface area (Å²) < 4.78 is 29.1. The third kappa shape index (κ3) is 5.13. The molecule has 0 unspecified atom stereocenters. The maximum Gasteiger partial charge on any atom is 0.419 e. The zero-order valence-corrected chi connectivity index (χ0v) is 24.7. The molecule has 9 nitrogen and oxygen atoms in total. The summed E-state index contributed by atoms with van der Waals surface area (Å²) in [6.07, 6.45) is 5.09. The molecule has 218 valence electrons. The number of ether oxygens (including phenoxy) is 4. The van der Waals surface area contributed by atoms with E-state index in [1.807, 2.05) is 39.8 Å². The second-order valence-electron chi connectivity index (χ2n) is 10.9. The Morgan fingerprint density at radius 1 is 1.07 bits per heavy atom. The number of allylic oxidation sites excluding steroid dienone is 2. The van der Waals surface area contributed by atoms with Crippen LogP contribution in [-0.4, -0.2) is 38.1 Å². The van der Waals surface area contributed by atoms with Gasteiger partial charge in [0.2, 0.25) is 5.43 Å². The second kappa shape index (κ2) is 10.8. The van der Waals surface area contributed by atoms with E-state index in [4.69, 9.17) is 23.4 Å². The van der Waals surface area contributed by atoms with E-state index in [0.717, 1.165) is 5.57 Å². The van der Waals surface area contributed by atoms with Crippen molar-refractivity contribution in [3.63, 3.8) is 0 Å². The Morgan fingerprint density at radius 3 is 2.50 bits per heavy atom. The van der Waals surface area contributed by atoms with Gasteiger partial charge >= 0.3 is 6.09 Å². The Kier molecular flexibility index (Phi) is 7.36. The summed E-state index contributed by atoms with van der Waals surface area (Å²) >= 11 is 0. The van der Waals surface area contributed by atoms with Crippen molar-refractivity contribution < 1.29 is 33.3 Å². The number of phenols is 1. The number of rotatable bonds is 6. The molecule has 0 saturated carbocycles. The van der Waals surface area contributed by atoms with Crippen molar-refractivity contribution in [1.82, 2.24) is 0 Å². The van der Waals surface area contributed by atoms with Gasteiger partial charge < -0.3 is 28.5 Å². The van der Waals surface area contributed by atoms with E-state index in [1.165, 1.54) is 18.1 Å². The number of amides is 1. The molecule has 0 fully saturated rings. The highest BCUT2D eigenvalue weighted by Gasteiger charge is 2.29. The second-order valence-corrected chi connectivity index (χ2v) is 10.9. The van der Waals surface area contributed by atoms with Crippen LogP contribution in [-0.2, 0) is 6.42 Å². The Labute approximate surface area is 243 Å². The molecule has 0 radical (unpaired) electrons. The van der Waals surface area contributed by atoms with Crippen molar-refractivity contribution in [1.29, 1.82) is 0 Å². The number of fused-ring (bicyclic) bond motifs is 3. The minimum Gasteiger partial charge on any atom is -0.506 e. The fraction of sp³-hybridized carbons (Fsp3) is 0.273. The highest BCUT2D eigenvalue weighted by molar-refractivity contribution is 6.00. The third-order valence-corrected chi connectivity index (χ3v) is 7.10. The quantitative estimate of drug-likeness (QED) is 0.195. The number of anilines is 1. The first-order chi connectivity index (χ1) is 19.9. The monoisotopic (exact) mass is 571 g/mol. The molecule has 5 rings (SSSR count). The van der Waals surface area contributed by atoms with Gasteiger partial charge in [0.1, 0.15) is 39.4 Å². The first-order valence-corrected chi connectivity index (χ1v) is 13.4. The number of nitrogens with zero attached hydrogens (tertiary/aromatic N) is 1. The summed E-state index contributed by atoms with van der Waals surface area (Å²) in [4.78, 5) is 28.7. The van der Waals surface area contributed by atoms with Gasteiger partial charge in [-0.15, -0.1) is 0 Å². The van der Waals surface area contributed by atoms with Crippen molar-refractivity contribution in [2.75, 3.05) is 26.2 Å². The molecule has 0 bridgehead atoms. The lowest BCUT2D eigenvalue weighted by Gasteiger charge is -2.28. The molecule has 9 heteroatoms. The van der Waals surface area contributed by atoms with E-state index >= 15 is 0 Å². The van der Waals surface area contributed by atoms with E-state index in [0.29, 0.717) is 28.3 Å². The summed E-state index contributed by atoms with van der Waals surface area (Å²) in [5, 5.41) is 11.4. The molecule has 0 spiro atoms. The van der Waals surface area contributed by atoms with Gasteiger partial charge in [-0.3, -0.25) is 9.69 Å². The van der Waals surface area contributed by atoms with Crippen LogP contribution in [0.2, 0.25) is 0 Å². The van der Waals surface area contributed by atoms with Gasteiger partial charge in [0.25, 0.3) is 0 Å². The van der Waals surface area contributed by atoms with Gasteiger partial charge in [0.05, 0.1) is 30.9 Å². The highest BCUT2D eigenvalue weighted by atomic mass is 16.6. The van der Waals surface area contributed by atoms with Crippen molar-refractivity contribution in [2.24, 2.45) is 0 Å². The molecule has 0 saturated heterocycles. The fourth-order valence-corrected chi connectivity index (χ4v) is 4.91. The predicted octanol–water partition coefficient (Wildman–Crippen LogP) is 7.00. The van der Waals surface area contributed by atoms with Crippen LogP contribution in [0.15, 0.2) is 63.3 Å². The maximum absolute atomic E-state index is 14.1. The van der Waals surface area contributed by atoms with Crippen LogP contribution in [0.4, 0.5) is 10.5 Å². The molecule has 2 heterocycles. The van der Waals surface area contributed by atoms with Crippen molar-refractivity contribution >= 4 is 39.8 Å². The molecule has 4 aromatic rings. The van der Waals surface area contributed by atoms with E-state index in [9.17, 15) is 14.7 Å². The molecule has 3 aromatic carbocycles. The van der Waals surface area contributed by atoms with Gasteiger partial charge in [-0.1, -0.05) is 17.7 Å². The van der Waals surface area contributed by atoms with E-state index < -0.39 is 17.1 Å². The van der Waals surface area contributed by atoms with Crippen LogP contribution < -0.4 is 29.3 Å². The number of carbonyl (C=O) groups is 1. The van der Waals surface area contributed by atoms with Crippen molar-refractivity contribution in [3.8, 4) is 28.7 Å². The molecule has 0 aliphatic carbocycles. The van der Waals surface area contributed by atoms with E-state index in [-0.39, 0.29) is 45.6 Å². The minimum atomic E-state index is -0.689. The molecular formula is C33H33NO8. The molecule has 0 atom stereocenters. The van der Waals surface area contributed by atoms with Gasteiger partial charge in [-0.2, -0.15) is 0 Å². The Morgan fingerprint density at radius 2 is 1.81 bits per heavy atom. The number of hydrogen-bond donors (Lipinski definition) is 1. The lowest BCUT2D eigenvalue weighted by atomic mass is 9.97. The average molecular weight is 572 g/mol. The van der Waals surface area contributed by atoms with E-state index in [1.54, 1.807) is 50.6 Å². The number of carbonyl (C=O) groups excluding carboxylic acids is 1. The first-order valence-electron chi connectivity index (χ1n) is 13.4. The molecule has 1 aliphatic heterocycles. The summed E-state index contributed by atoms with van der Waals surface area (Å²) in [6, 6.07) is 10.0. The van der Waals surface area contributed by atoms with Crippen LogP contribution in [0.5, 0.6) is 28.7 Å². The molecule has 1 amide bonds. The minimum absolute atomic E-state index is 0.0252. The average Bonchev–Trinajstić information content (AvgIpc) is 2.94. The molecule has 1 aromatic heterocycles. The number of benzene rings is 3. The number of phenolic OH excluding ortho intramolecular Hbond substituents is 1. The van der Waals surface area contributed by atoms with Gasteiger partial charge in [0, 0.05) is 30.8 Å². The molecule has 1 N–H and O–H groups in total. The van der Waals surface area contributed by atoms with Crippen LogP contribution in [0, 0.1) is 0 Å². The molecule has 1 aliphatic rings. The molecular weight excluding hydrogens is 538 g/mol. The lowest BCUT2D eigenvalue weighted by Crippen LogP contribution is -2.29. The fourth-order valence-electron chi connectivity index (χ4n) is 4.91. The SMILES string of the molecule is COc1cccc(N(C)C(=O)Oc2cc3oc4cc5c(c(O)c4c(=O)c3c(CC=C(C)C)c2OC)C=CC(C)(C)O5)c1. The summed E-state index contributed by atoms with van der Waals surface area (Å²) in [6.45, 7) is 7.64. The third-order valence-electron chi connectivity index (χ3n) is 7.10. The molecule has 42 heavy (non-hydrogen) atoms. The summed E-state index contributed by atoms with van der Waals surface area (Å²) in [7, 11) is 4.56. The summed E-state index contributed by atoms with van der Waals surface area (Å²) in [5.41, 5.74) is 1.69. The first kappa shape index (κ1) is 28.6. The predicted molar refractivity (Wildman–Crippen MR) is 163 cm³/mol. The van der Waals surface area contributed by atoms with E-state index in [2.05, 4.69) is 0 Å². The maximum atomic E-state index is 14.1. The number of methoxy groups -OCH3 is 2. The van der Waals surface area contributed by atoms with Gasteiger partial charge in [0.15, 0.2) is 11.5 Å². The standard InChI is InChI=1S/C33H33NO8/c1-18(2)11-12-22-27-24(40-25-16-23-21(13-14-33(3,4)42-23)29(35)28(25)30(27)36)17-26(31(22)39-7)41-32(37)34(5)19-9-8-10-20(15-19)38-6/h8-11,13-17,35H,12H2,1-7H3. The number of hydrogen-bond acceptors (Lipinski definition) is 8. The van der Waals surface area contributed by atoms with Crippen molar-refractivity contribution in [3.05, 3.63) is 75.5 Å².